The molecule has 1 fully saturated rings. The van der Waals surface area contributed by atoms with E-state index in [-0.39, 0.29) is 11.9 Å². The molecule has 1 heterocycles. The molecule has 1 aromatic rings. The van der Waals surface area contributed by atoms with E-state index in [9.17, 15) is 4.79 Å². The van der Waals surface area contributed by atoms with Gasteiger partial charge < -0.3 is 10.2 Å². The summed E-state index contributed by atoms with van der Waals surface area (Å²) in [6.07, 6.45) is 0. The van der Waals surface area contributed by atoms with Gasteiger partial charge in [0.15, 0.2) is 0 Å². The van der Waals surface area contributed by atoms with Crippen molar-refractivity contribution in [2.24, 2.45) is 0 Å². The zero-order valence-electron chi connectivity index (χ0n) is 12.7. The number of nitrogens with zero attached hydrogens (tertiary/aromatic N) is 2. The molecule has 1 aliphatic rings. The van der Waals surface area contributed by atoms with Crippen molar-refractivity contribution in [3.05, 3.63) is 29.8 Å². The normalized spacial score (nSPS) is 16.5. The monoisotopic (exact) mass is 275 g/mol. The van der Waals surface area contributed by atoms with Crippen molar-refractivity contribution in [3.8, 4) is 0 Å². The highest BCUT2D eigenvalue weighted by atomic mass is 16.2. The number of rotatable bonds is 4. The van der Waals surface area contributed by atoms with E-state index < -0.39 is 0 Å². The Morgan fingerprint density at radius 2 is 1.85 bits per heavy atom. The molecule has 1 amide bonds. The van der Waals surface area contributed by atoms with Crippen LogP contribution in [0.15, 0.2) is 24.3 Å². The number of nitrogens with one attached hydrogen (secondary N) is 1. The van der Waals surface area contributed by atoms with Gasteiger partial charge in [-0.15, -0.1) is 0 Å². The number of carbonyl (C=O) groups excluding carboxylic acids is 1. The van der Waals surface area contributed by atoms with Crippen LogP contribution >= 0.6 is 0 Å². The van der Waals surface area contributed by atoms with Crippen LogP contribution < -0.4 is 10.2 Å². The van der Waals surface area contributed by atoms with Crippen molar-refractivity contribution in [2.45, 2.75) is 26.8 Å². The molecule has 0 radical (unpaired) electrons. The first-order valence-electron chi connectivity index (χ1n) is 7.38. The molecule has 1 N–H and O–H groups in total. The van der Waals surface area contributed by atoms with Gasteiger partial charge in [-0.2, -0.15) is 0 Å². The third-order valence-electron chi connectivity index (χ3n) is 3.65. The predicted octanol–water partition coefficient (Wildman–Crippen LogP) is 1.64. The van der Waals surface area contributed by atoms with Crippen molar-refractivity contribution in [1.82, 2.24) is 10.2 Å². The molecule has 2 rings (SSSR count). The number of benzene rings is 1. The van der Waals surface area contributed by atoms with Crippen LogP contribution in [-0.4, -0.2) is 49.6 Å². The van der Waals surface area contributed by atoms with Gasteiger partial charge in [0, 0.05) is 37.9 Å². The second kappa shape index (κ2) is 6.75. The van der Waals surface area contributed by atoms with Gasteiger partial charge in [0.25, 0.3) is 0 Å². The summed E-state index contributed by atoms with van der Waals surface area (Å²) in [6.45, 7) is 10.5. The summed E-state index contributed by atoms with van der Waals surface area (Å²) in [4.78, 5) is 16.4. The Bertz CT molecular complexity index is 451. The minimum Gasteiger partial charge on any atom is -0.369 e. The van der Waals surface area contributed by atoms with Crippen LogP contribution in [0, 0.1) is 6.92 Å². The lowest BCUT2D eigenvalue weighted by molar-refractivity contribution is -0.122. The van der Waals surface area contributed by atoms with E-state index in [4.69, 9.17) is 0 Å². The Morgan fingerprint density at radius 1 is 1.20 bits per heavy atom. The zero-order valence-corrected chi connectivity index (χ0v) is 12.7. The van der Waals surface area contributed by atoms with Crippen molar-refractivity contribution in [1.29, 1.82) is 0 Å². The highest BCUT2D eigenvalue weighted by molar-refractivity contribution is 5.78. The van der Waals surface area contributed by atoms with Gasteiger partial charge in [0.1, 0.15) is 0 Å². The van der Waals surface area contributed by atoms with E-state index in [1.54, 1.807) is 0 Å². The van der Waals surface area contributed by atoms with E-state index in [0.717, 1.165) is 26.2 Å². The molecule has 0 atom stereocenters. The minimum atomic E-state index is 0.129. The maximum absolute atomic E-state index is 11.8. The molecule has 0 aromatic heterocycles. The van der Waals surface area contributed by atoms with Gasteiger partial charge >= 0.3 is 0 Å². The molecule has 0 aliphatic carbocycles. The third kappa shape index (κ3) is 3.97. The maximum Gasteiger partial charge on any atom is 0.234 e. The zero-order chi connectivity index (χ0) is 14.5. The standard InChI is InChI=1S/C16H25N3O/c1-13(2)17-16(20)12-18-8-10-19(11-9-18)15-7-5-4-6-14(15)3/h4-7,13H,8-12H2,1-3H3,(H,17,20). The van der Waals surface area contributed by atoms with Crippen LogP contribution in [-0.2, 0) is 4.79 Å². The Kier molecular flexibility index (Phi) is 5.01. The summed E-state index contributed by atoms with van der Waals surface area (Å²) in [5.41, 5.74) is 2.64. The number of amides is 1. The fourth-order valence-electron chi connectivity index (χ4n) is 2.64. The largest absolute Gasteiger partial charge is 0.369 e. The van der Waals surface area contributed by atoms with E-state index in [1.165, 1.54) is 11.3 Å². The molecule has 1 saturated heterocycles. The average molecular weight is 275 g/mol. The number of para-hydroxylation sites is 1. The first-order valence-corrected chi connectivity index (χ1v) is 7.38. The van der Waals surface area contributed by atoms with Gasteiger partial charge in [-0.25, -0.2) is 0 Å². The number of hydrogen-bond donors (Lipinski definition) is 1. The Morgan fingerprint density at radius 3 is 2.45 bits per heavy atom. The summed E-state index contributed by atoms with van der Waals surface area (Å²) in [7, 11) is 0. The van der Waals surface area contributed by atoms with Crippen molar-refractivity contribution in [2.75, 3.05) is 37.6 Å². The fraction of sp³-hybridized carbons (Fsp3) is 0.562. The lowest BCUT2D eigenvalue weighted by atomic mass is 10.1. The predicted molar refractivity (Wildman–Crippen MR) is 83.1 cm³/mol. The lowest BCUT2D eigenvalue weighted by Gasteiger charge is -2.36. The van der Waals surface area contributed by atoms with Crippen LogP contribution in [0.4, 0.5) is 5.69 Å². The summed E-state index contributed by atoms with van der Waals surface area (Å²) >= 11 is 0. The smallest absolute Gasteiger partial charge is 0.234 e. The Hall–Kier alpha value is -1.55. The summed E-state index contributed by atoms with van der Waals surface area (Å²) < 4.78 is 0. The summed E-state index contributed by atoms with van der Waals surface area (Å²) in [6, 6.07) is 8.71. The molecular formula is C16H25N3O. The summed E-state index contributed by atoms with van der Waals surface area (Å²) in [5.74, 6) is 0.129. The van der Waals surface area contributed by atoms with E-state index in [0.29, 0.717) is 6.54 Å². The van der Waals surface area contributed by atoms with Gasteiger partial charge in [-0.3, -0.25) is 9.69 Å². The second-order valence-electron chi connectivity index (χ2n) is 5.77. The van der Waals surface area contributed by atoms with Gasteiger partial charge in [-0.05, 0) is 32.4 Å². The van der Waals surface area contributed by atoms with Crippen LogP contribution in [0.25, 0.3) is 0 Å². The van der Waals surface area contributed by atoms with Crippen molar-refractivity contribution >= 4 is 11.6 Å². The van der Waals surface area contributed by atoms with Crippen LogP contribution in [0.1, 0.15) is 19.4 Å². The highest BCUT2D eigenvalue weighted by Gasteiger charge is 2.19. The molecule has 110 valence electrons. The number of piperazine rings is 1. The SMILES string of the molecule is Cc1ccccc1N1CCN(CC(=O)NC(C)C)CC1. The molecular weight excluding hydrogens is 250 g/mol. The molecule has 0 saturated carbocycles. The van der Waals surface area contributed by atoms with E-state index in [1.807, 2.05) is 13.8 Å². The first-order chi connectivity index (χ1) is 9.56. The second-order valence-corrected chi connectivity index (χ2v) is 5.77. The van der Waals surface area contributed by atoms with Crippen LogP contribution in [0.2, 0.25) is 0 Å². The minimum absolute atomic E-state index is 0.129. The molecule has 0 spiro atoms. The van der Waals surface area contributed by atoms with Crippen molar-refractivity contribution in [3.63, 3.8) is 0 Å². The lowest BCUT2D eigenvalue weighted by Crippen LogP contribution is -2.50. The molecule has 4 nitrogen and oxygen atoms in total. The number of hydrogen-bond acceptors (Lipinski definition) is 3. The maximum atomic E-state index is 11.8. The van der Waals surface area contributed by atoms with Gasteiger partial charge in [0.05, 0.1) is 6.54 Å². The number of anilines is 1. The van der Waals surface area contributed by atoms with E-state index >= 15 is 0 Å². The Balaban J connectivity index is 1.84. The molecule has 0 unspecified atom stereocenters. The quantitative estimate of drug-likeness (QED) is 0.907. The van der Waals surface area contributed by atoms with Crippen molar-refractivity contribution < 1.29 is 4.79 Å². The highest BCUT2D eigenvalue weighted by Crippen LogP contribution is 2.20. The molecule has 0 bridgehead atoms. The molecule has 4 heteroatoms. The first kappa shape index (κ1) is 14.9. The fourth-order valence-corrected chi connectivity index (χ4v) is 2.64. The average Bonchev–Trinajstić information content (AvgIpc) is 2.39. The molecule has 20 heavy (non-hydrogen) atoms. The van der Waals surface area contributed by atoms with Crippen LogP contribution in [0.5, 0.6) is 0 Å². The molecule has 1 aliphatic heterocycles. The Labute approximate surface area is 121 Å². The van der Waals surface area contributed by atoms with Gasteiger partial charge in [0.2, 0.25) is 5.91 Å². The number of carbonyl (C=O) groups is 1. The molecule has 1 aromatic carbocycles. The van der Waals surface area contributed by atoms with Crippen LogP contribution in [0.3, 0.4) is 0 Å². The topological polar surface area (TPSA) is 35.6 Å². The van der Waals surface area contributed by atoms with Gasteiger partial charge in [-0.1, -0.05) is 18.2 Å². The number of aryl methyl sites for hydroxylation is 1. The van der Waals surface area contributed by atoms with E-state index in [2.05, 4.69) is 46.3 Å². The summed E-state index contributed by atoms with van der Waals surface area (Å²) in [5, 5.41) is 2.95. The third-order valence-corrected chi connectivity index (χ3v) is 3.65.